The summed E-state index contributed by atoms with van der Waals surface area (Å²) >= 11 is 5.44. The Labute approximate surface area is 265 Å². The van der Waals surface area contributed by atoms with Crippen LogP contribution < -0.4 is 0 Å². The number of benzene rings is 1. The van der Waals surface area contributed by atoms with Crippen molar-refractivity contribution in [1.82, 2.24) is 0 Å². The van der Waals surface area contributed by atoms with Crippen molar-refractivity contribution in [3.05, 3.63) is 41.5 Å². The SMILES string of the molecule is COC(=O)c1ccc(C2=C[C@@H](S)[C@]3(C)[C@H]4CC[C@@H]5[C@H]6[C@H](C(C)C)CC[C@]6(C(=O)O)CC[C@@]5(C)[C@]4(C)CC[C@H]3C2(C)C)cc1. The zero-order chi connectivity index (χ0) is 31.3. The zero-order valence-corrected chi connectivity index (χ0v) is 28.6. The van der Waals surface area contributed by atoms with E-state index < -0.39 is 11.4 Å². The molecular formula is C38H54O4S. The first-order chi connectivity index (χ1) is 20.1. The van der Waals surface area contributed by atoms with E-state index in [0.717, 1.165) is 38.5 Å². The van der Waals surface area contributed by atoms with Crippen molar-refractivity contribution in [2.24, 2.45) is 62.6 Å². The molecule has 43 heavy (non-hydrogen) atoms. The van der Waals surface area contributed by atoms with Gasteiger partial charge in [0.1, 0.15) is 0 Å². The highest BCUT2D eigenvalue weighted by molar-refractivity contribution is 7.81. The van der Waals surface area contributed by atoms with Crippen LogP contribution in [-0.2, 0) is 9.53 Å². The molecule has 236 valence electrons. The highest BCUT2D eigenvalue weighted by Crippen LogP contribution is 2.78. The molecule has 0 aromatic heterocycles. The third kappa shape index (κ3) is 4.01. The largest absolute Gasteiger partial charge is 0.481 e. The second-order valence-electron chi connectivity index (χ2n) is 16.8. The van der Waals surface area contributed by atoms with E-state index in [2.05, 4.69) is 66.7 Å². The number of fused-ring (bicyclic) bond motifs is 7. The Kier molecular flexibility index (Phi) is 7.36. The van der Waals surface area contributed by atoms with Crippen LogP contribution in [0.2, 0.25) is 0 Å². The highest BCUT2D eigenvalue weighted by atomic mass is 32.1. The minimum Gasteiger partial charge on any atom is -0.481 e. The maximum Gasteiger partial charge on any atom is 0.337 e. The molecule has 0 radical (unpaired) electrons. The Morgan fingerprint density at radius 1 is 0.884 bits per heavy atom. The molecule has 1 aromatic rings. The molecule has 0 heterocycles. The number of methoxy groups -OCH3 is 1. The van der Waals surface area contributed by atoms with Gasteiger partial charge in [0.05, 0.1) is 18.1 Å². The van der Waals surface area contributed by atoms with Crippen LogP contribution in [0.25, 0.3) is 5.57 Å². The van der Waals surface area contributed by atoms with Gasteiger partial charge in [0.25, 0.3) is 0 Å². The van der Waals surface area contributed by atoms with Crippen molar-refractivity contribution in [2.45, 2.75) is 105 Å². The number of allylic oxidation sites excluding steroid dienone is 1. The first-order valence-electron chi connectivity index (χ1n) is 16.9. The Morgan fingerprint density at radius 3 is 2.16 bits per heavy atom. The molecular weight excluding hydrogens is 552 g/mol. The first-order valence-corrected chi connectivity index (χ1v) is 17.4. The van der Waals surface area contributed by atoms with Crippen molar-refractivity contribution in [1.29, 1.82) is 0 Å². The summed E-state index contributed by atoms with van der Waals surface area (Å²) in [5.74, 6) is 2.00. The highest BCUT2D eigenvalue weighted by Gasteiger charge is 2.72. The molecule has 5 heteroatoms. The smallest absolute Gasteiger partial charge is 0.337 e. The topological polar surface area (TPSA) is 63.6 Å². The van der Waals surface area contributed by atoms with E-state index in [9.17, 15) is 14.7 Å². The average molecular weight is 607 g/mol. The minimum atomic E-state index is -0.524. The summed E-state index contributed by atoms with van der Waals surface area (Å²) in [4.78, 5) is 25.1. The van der Waals surface area contributed by atoms with Crippen molar-refractivity contribution < 1.29 is 19.4 Å². The summed E-state index contributed by atoms with van der Waals surface area (Å²) in [6.45, 7) is 17.3. The fraction of sp³-hybridized carbons (Fsp3) is 0.737. The molecule has 0 spiro atoms. The summed E-state index contributed by atoms with van der Waals surface area (Å²) in [6.07, 6.45) is 10.9. The van der Waals surface area contributed by atoms with Crippen LogP contribution >= 0.6 is 12.6 Å². The van der Waals surface area contributed by atoms with Gasteiger partial charge in [0.15, 0.2) is 0 Å². The van der Waals surface area contributed by atoms with Crippen molar-refractivity contribution in [3.63, 3.8) is 0 Å². The molecule has 5 aliphatic rings. The number of rotatable bonds is 4. The second kappa shape index (κ2) is 10.1. The lowest BCUT2D eigenvalue weighted by Gasteiger charge is -2.73. The molecule has 4 nitrogen and oxygen atoms in total. The summed E-state index contributed by atoms with van der Waals surface area (Å²) in [6, 6.07) is 7.91. The fourth-order valence-electron chi connectivity index (χ4n) is 12.7. The maximum atomic E-state index is 13.0. The molecule has 1 N–H and O–H groups in total. The fourth-order valence-corrected chi connectivity index (χ4v) is 13.2. The van der Waals surface area contributed by atoms with E-state index in [0.29, 0.717) is 41.1 Å². The molecule has 0 unspecified atom stereocenters. The van der Waals surface area contributed by atoms with E-state index in [4.69, 9.17) is 17.4 Å². The molecule has 0 saturated heterocycles. The Morgan fingerprint density at radius 2 is 1.56 bits per heavy atom. The maximum absolute atomic E-state index is 13.0. The molecule has 0 amide bonds. The lowest BCUT2D eigenvalue weighted by atomic mass is 9.32. The van der Waals surface area contributed by atoms with Crippen LogP contribution in [0, 0.1) is 62.6 Å². The van der Waals surface area contributed by atoms with Gasteiger partial charge in [-0.05, 0) is 132 Å². The number of hydrogen-bond donors (Lipinski definition) is 2. The normalized spacial score (nSPS) is 44.8. The van der Waals surface area contributed by atoms with Crippen molar-refractivity contribution in [2.75, 3.05) is 7.11 Å². The summed E-state index contributed by atoms with van der Waals surface area (Å²) < 4.78 is 4.93. The number of thiol groups is 1. The number of carbonyl (C=O) groups excluding carboxylic acids is 1. The summed E-state index contributed by atoms with van der Waals surface area (Å²) in [5, 5.41) is 10.8. The molecule has 4 fully saturated rings. The lowest BCUT2D eigenvalue weighted by molar-refractivity contribution is -0.228. The van der Waals surface area contributed by atoms with E-state index in [1.165, 1.54) is 31.1 Å². The molecule has 4 saturated carbocycles. The van der Waals surface area contributed by atoms with Crippen LogP contribution in [0.15, 0.2) is 30.3 Å². The Hall–Kier alpha value is -1.75. The van der Waals surface area contributed by atoms with Crippen molar-refractivity contribution in [3.8, 4) is 0 Å². The number of carboxylic acids is 1. The van der Waals surface area contributed by atoms with Gasteiger partial charge < -0.3 is 9.84 Å². The molecule has 0 bridgehead atoms. The van der Waals surface area contributed by atoms with Gasteiger partial charge >= 0.3 is 11.9 Å². The standard InChI is InChI=1S/C38H54O4S/c1-22(2)25-15-18-38(33(40)41)20-19-35(5)26(31(25)38)13-14-29-36(35,6)17-16-28-34(3,4)27(21-30(43)37(28,29)7)23-9-11-24(12-10-23)32(39)42-8/h9-12,21-22,25-26,28-31,43H,13-20H2,1-8H3,(H,40,41)/t25-,26+,28-,29-,30+,31+,35+,36+,37-,38-/m0/s1. The molecule has 0 aliphatic heterocycles. The van der Waals surface area contributed by atoms with E-state index in [1.54, 1.807) is 0 Å². The van der Waals surface area contributed by atoms with Gasteiger partial charge in [0, 0.05) is 5.25 Å². The number of hydrogen-bond acceptors (Lipinski definition) is 4. The average Bonchev–Trinajstić information content (AvgIpc) is 3.37. The van der Waals surface area contributed by atoms with Crippen LogP contribution in [0.5, 0.6) is 0 Å². The van der Waals surface area contributed by atoms with E-state index >= 15 is 0 Å². The predicted molar refractivity (Wildman–Crippen MR) is 176 cm³/mol. The van der Waals surface area contributed by atoms with E-state index in [1.807, 2.05) is 12.1 Å². The van der Waals surface area contributed by atoms with Crippen molar-refractivity contribution >= 4 is 30.1 Å². The molecule has 5 aliphatic carbocycles. The first kappa shape index (κ1) is 31.2. The molecule has 6 rings (SSSR count). The van der Waals surface area contributed by atoms with Gasteiger partial charge in [-0.2, -0.15) is 12.6 Å². The third-order valence-electron chi connectivity index (χ3n) is 15.1. The number of carboxylic acid groups (broad SMARTS) is 1. The van der Waals surface area contributed by atoms with E-state index in [-0.39, 0.29) is 32.9 Å². The molecule has 1 aromatic carbocycles. The Balaban J connectivity index is 1.38. The number of aliphatic carboxylic acids is 1. The predicted octanol–water partition coefficient (Wildman–Crippen LogP) is 9.20. The Bertz CT molecular complexity index is 1330. The van der Waals surface area contributed by atoms with Gasteiger partial charge in [-0.15, -0.1) is 0 Å². The summed E-state index contributed by atoms with van der Waals surface area (Å²) in [5.41, 5.74) is 2.84. The minimum absolute atomic E-state index is 0.0392. The van der Waals surface area contributed by atoms with Crippen LogP contribution in [0.3, 0.4) is 0 Å². The number of ether oxygens (including phenoxy) is 1. The quantitative estimate of drug-likeness (QED) is 0.265. The molecule has 10 atom stereocenters. The van der Waals surface area contributed by atoms with Crippen LogP contribution in [0.1, 0.15) is 116 Å². The van der Waals surface area contributed by atoms with Gasteiger partial charge in [0.2, 0.25) is 0 Å². The third-order valence-corrected chi connectivity index (χ3v) is 15.8. The van der Waals surface area contributed by atoms with Crippen LogP contribution in [-0.4, -0.2) is 29.4 Å². The lowest BCUT2D eigenvalue weighted by Crippen LogP contribution is -2.67. The van der Waals surface area contributed by atoms with Crippen LogP contribution in [0.4, 0.5) is 0 Å². The number of carbonyl (C=O) groups is 2. The zero-order valence-electron chi connectivity index (χ0n) is 27.7. The number of esters is 1. The van der Waals surface area contributed by atoms with Gasteiger partial charge in [-0.3, -0.25) is 4.79 Å². The van der Waals surface area contributed by atoms with Gasteiger partial charge in [-0.1, -0.05) is 66.7 Å². The monoisotopic (exact) mass is 606 g/mol. The summed E-state index contributed by atoms with van der Waals surface area (Å²) in [7, 11) is 1.42. The second-order valence-corrected chi connectivity index (χ2v) is 17.3. The van der Waals surface area contributed by atoms with Gasteiger partial charge in [-0.25, -0.2) is 4.79 Å².